The van der Waals surface area contributed by atoms with Crippen LogP contribution in [0.1, 0.15) is 0 Å². The predicted octanol–water partition coefficient (Wildman–Crippen LogP) is 10.2. The van der Waals surface area contributed by atoms with Gasteiger partial charge in [-0.2, -0.15) is 4.58 Å². The lowest BCUT2D eigenvalue weighted by Crippen LogP contribution is -2.56. The molecular formula is C50H31BN5+. The Hall–Kier alpha value is -7.31. The van der Waals surface area contributed by atoms with E-state index >= 15 is 0 Å². The minimum absolute atomic E-state index is 0.00190. The van der Waals surface area contributed by atoms with Gasteiger partial charge >= 0.3 is 6.85 Å². The van der Waals surface area contributed by atoms with Gasteiger partial charge in [0.2, 0.25) is 17.1 Å². The molecule has 2 aromatic heterocycles. The van der Waals surface area contributed by atoms with Gasteiger partial charge in [-0.25, -0.2) is 0 Å². The van der Waals surface area contributed by atoms with E-state index < -0.39 is 0 Å². The van der Waals surface area contributed by atoms with E-state index in [-0.39, 0.29) is 12.9 Å². The maximum absolute atomic E-state index is 2.55. The van der Waals surface area contributed by atoms with Gasteiger partial charge in [0.05, 0.1) is 5.52 Å². The van der Waals surface area contributed by atoms with Gasteiger partial charge in [-0.1, -0.05) is 103 Å². The lowest BCUT2D eigenvalue weighted by molar-refractivity contribution is 0.693. The maximum atomic E-state index is 2.55. The van der Waals surface area contributed by atoms with E-state index in [4.69, 9.17) is 0 Å². The van der Waals surface area contributed by atoms with Gasteiger partial charge in [-0.3, -0.25) is 9.69 Å². The van der Waals surface area contributed by atoms with Gasteiger partial charge in [-0.05, 0) is 81.3 Å². The van der Waals surface area contributed by atoms with Crippen LogP contribution in [0.25, 0.3) is 54.8 Å². The molecular weight excluding hydrogens is 681 g/mol. The Morgan fingerprint density at radius 1 is 0.589 bits per heavy atom. The average molecular weight is 713 g/mol. The second-order valence-electron chi connectivity index (χ2n) is 15.5. The second-order valence-corrected chi connectivity index (χ2v) is 15.5. The first kappa shape index (κ1) is 29.1. The molecule has 5 aliphatic rings. The Morgan fingerprint density at radius 2 is 1.32 bits per heavy atom. The number of fused-ring (bicyclic) bond motifs is 11. The van der Waals surface area contributed by atoms with Crippen molar-refractivity contribution in [3.8, 4) is 22.3 Å². The van der Waals surface area contributed by atoms with Crippen molar-refractivity contribution in [2.45, 2.75) is 6.04 Å². The summed E-state index contributed by atoms with van der Waals surface area (Å²) in [7, 11) is 0. The minimum Gasteiger partial charge on any atom is -0.382 e. The fourth-order valence-corrected chi connectivity index (χ4v) is 10.8. The molecule has 0 saturated heterocycles. The highest BCUT2D eigenvalue weighted by atomic mass is 15.6. The van der Waals surface area contributed by atoms with E-state index in [0.717, 1.165) is 11.4 Å². The molecule has 0 fully saturated rings. The zero-order valence-corrected chi connectivity index (χ0v) is 30.2. The summed E-state index contributed by atoms with van der Waals surface area (Å²) in [5, 5.41) is 7.62. The topological polar surface area (TPSA) is 19.4 Å². The molecule has 5 nitrogen and oxygen atoms in total. The molecule has 6 heterocycles. The molecule has 0 spiro atoms. The number of nitrogens with zero attached hydrogens (tertiary/aromatic N) is 5. The van der Waals surface area contributed by atoms with Crippen molar-refractivity contribution < 1.29 is 0 Å². The fraction of sp³-hybridized carbons (Fsp3) is 0.0200. The van der Waals surface area contributed by atoms with Crippen LogP contribution in [-0.4, -0.2) is 27.8 Å². The lowest BCUT2D eigenvalue weighted by Gasteiger charge is -2.43. The number of aromatic nitrogens is 2. The van der Waals surface area contributed by atoms with Gasteiger partial charge in [-0.15, -0.1) is 0 Å². The van der Waals surface area contributed by atoms with Crippen molar-refractivity contribution in [1.82, 2.24) is 13.7 Å². The Morgan fingerprint density at radius 3 is 2.18 bits per heavy atom. The first-order valence-corrected chi connectivity index (χ1v) is 19.5. The summed E-state index contributed by atoms with van der Waals surface area (Å²) in [6, 6.07) is 54.3. The molecule has 258 valence electrons. The second kappa shape index (κ2) is 10.3. The van der Waals surface area contributed by atoms with E-state index in [1.54, 1.807) is 0 Å². The molecule has 0 saturated carbocycles. The Labute approximate surface area is 323 Å². The first-order valence-electron chi connectivity index (χ1n) is 19.5. The SMILES string of the molecule is C1=CC2=[N+](c3ccccc3)c3cc4c5c6c(cc4c4c3N(C2C=C1)n1ccc2cccc-4c21)N(c1ccccc1)c1ccccc1B6n1ccc2cccc-5c21. The zero-order chi connectivity index (χ0) is 36.2. The van der Waals surface area contributed by atoms with Crippen LogP contribution in [0.15, 0.2) is 182 Å². The molecule has 0 radical (unpaired) electrons. The molecule has 14 rings (SSSR count). The van der Waals surface area contributed by atoms with Gasteiger partial charge < -0.3 is 9.38 Å². The summed E-state index contributed by atoms with van der Waals surface area (Å²) < 4.78 is 7.48. The molecule has 0 bridgehead atoms. The third-order valence-corrected chi connectivity index (χ3v) is 12.9. The molecule has 56 heavy (non-hydrogen) atoms. The monoisotopic (exact) mass is 712 g/mol. The third kappa shape index (κ3) is 3.43. The number of hydrogen-bond acceptors (Lipinski definition) is 2. The number of para-hydroxylation sites is 5. The highest BCUT2D eigenvalue weighted by Gasteiger charge is 2.47. The predicted molar refractivity (Wildman–Crippen MR) is 234 cm³/mol. The van der Waals surface area contributed by atoms with E-state index in [1.165, 1.54) is 94.2 Å². The molecule has 1 aliphatic carbocycles. The van der Waals surface area contributed by atoms with Crippen molar-refractivity contribution in [3.63, 3.8) is 0 Å². The van der Waals surface area contributed by atoms with Crippen LogP contribution in [-0.2, 0) is 0 Å². The van der Waals surface area contributed by atoms with Gasteiger partial charge in [0, 0.05) is 75.1 Å². The Bertz CT molecular complexity index is 3330. The van der Waals surface area contributed by atoms with Crippen molar-refractivity contribution in [1.29, 1.82) is 0 Å². The van der Waals surface area contributed by atoms with Crippen LogP contribution >= 0.6 is 0 Å². The molecule has 7 aromatic carbocycles. The Kier molecular flexibility index (Phi) is 5.33. The van der Waals surface area contributed by atoms with Crippen LogP contribution in [0.2, 0.25) is 0 Å². The largest absolute Gasteiger partial charge is 0.382 e. The molecule has 0 N–H and O–H groups in total. The highest BCUT2D eigenvalue weighted by molar-refractivity contribution is 6.89. The van der Waals surface area contributed by atoms with E-state index in [2.05, 4.69) is 206 Å². The number of hydrogen-bond donors (Lipinski definition) is 0. The van der Waals surface area contributed by atoms with Gasteiger partial charge in [0.25, 0.3) is 0 Å². The number of allylic oxidation sites excluding steroid dienone is 2. The maximum Gasteiger partial charge on any atom is 0.332 e. The summed E-state index contributed by atoms with van der Waals surface area (Å²) in [5.74, 6) is 0. The smallest absolute Gasteiger partial charge is 0.332 e. The summed E-state index contributed by atoms with van der Waals surface area (Å²) in [5.41, 5.74) is 18.8. The van der Waals surface area contributed by atoms with Gasteiger partial charge in [0.15, 0.2) is 6.04 Å². The lowest BCUT2D eigenvalue weighted by atomic mass is 9.45. The molecule has 0 amide bonds. The standard InChI is InChI=1S/C50H31BN5/c1-3-15-33(16-4-1)54-40-22-8-7-21-39(40)51-47-43(54)29-38-37(45(47)35-19-11-13-31-25-27-52(51)48(31)35)30-44-50-46(38)36-20-12-14-32-26-28-53(49(32)36)56(50)42-24-10-9-23-41(42)55(44)34-17-5-2-6-18-34/h1-30,42H/q+1. The zero-order valence-electron chi connectivity index (χ0n) is 30.2. The molecule has 9 aromatic rings. The summed E-state index contributed by atoms with van der Waals surface area (Å²) in [6.45, 7) is 0.0212. The van der Waals surface area contributed by atoms with E-state index in [1.807, 2.05) is 0 Å². The molecule has 1 atom stereocenters. The molecule has 6 heteroatoms. The van der Waals surface area contributed by atoms with Crippen LogP contribution in [0, 0.1) is 0 Å². The minimum atomic E-state index is -0.00190. The van der Waals surface area contributed by atoms with E-state index in [0.29, 0.717) is 0 Å². The van der Waals surface area contributed by atoms with Crippen molar-refractivity contribution in [3.05, 3.63) is 182 Å². The summed E-state index contributed by atoms with van der Waals surface area (Å²) in [6.07, 6.45) is 13.6. The third-order valence-electron chi connectivity index (χ3n) is 12.9. The molecule has 1 unspecified atom stereocenters. The summed E-state index contributed by atoms with van der Waals surface area (Å²) >= 11 is 0. The highest BCUT2D eigenvalue weighted by Crippen LogP contribution is 2.56. The Balaban J connectivity index is 1.23. The van der Waals surface area contributed by atoms with Gasteiger partial charge in [0.1, 0.15) is 5.69 Å². The van der Waals surface area contributed by atoms with Crippen molar-refractivity contribution in [2.75, 3.05) is 9.91 Å². The average Bonchev–Trinajstić information content (AvgIpc) is 3.90. The van der Waals surface area contributed by atoms with Crippen molar-refractivity contribution in [2.24, 2.45) is 0 Å². The van der Waals surface area contributed by atoms with Crippen molar-refractivity contribution >= 4 is 90.2 Å². The van der Waals surface area contributed by atoms with Crippen LogP contribution in [0.3, 0.4) is 0 Å². The number of rotatable bonds is 2. The summed E-state index contributed by atoms with van der Waals surface area (Å²) in [4.78, 5) is 2.52. The number of benzene rings is 7. The van der Waals surface area contributed by atoms with Crippen LogP contribution < -0.4 is 25.4 Å². The van der Waals surface area contributed by atoms with Crippen LogP contribution in [0.5, 0.6) is 0 Å². The van der Waals surface area contributed by atoms with E-state index in [9.17, 15) is 0 Å². The number of anilines is 4. The quantitative estimate of drug-likeness (QED) is 0.131. The fourth-order valence-electron chi connectivity index (χ4n) is 10.8. The normalized spacial score (nSPS) is 16.4. The molecule has 4 aliphatic heterocycles. The first-order chi connectivity index (χ1) is 27.8. The van der Waals surface area contributed by atoms with Crippen LogP contribution in [0.4, 0.5) is 34.1 Å².